The summed E-state index contributed by atoms with van der Waals surface area (Å²) in [6.45, 7) is 0.741. The third kappa shape index (κ3) is 3.36. The number of carbonyl (C=O) groups excluding carboxylic acids is 1. The largest absolute Gasteiger partial charge is 0.482 e. The van der Waals surface area contributed by atoms with Crippen molar-refractivity contribution in [3.8, 4) is 5.75 Å². The van der Waals surface area contributed by atoms with Gasteiger partial charge >= 0.3 is 0 Å². The number of hydrogen-bond acceptors (Lipinski definition) is 5. The Hall–Kier alpha value is -2.44. The number of aliphatic hydroxyl groups is 1. The Balaban J connectivity index is 1.61. The molecule has 0 unspecified atom stereocenters. The van der Waals surface area contributed by atoms with Crippen LogP contribution in [0.5, 0.6) is 5.75 Å². The number of anilines is 2. The molecule has 2 aliphatic heterocycles. The highest BCUT2D eigenvalue weighted by Crippen LogP contribution is 2.39. The SMILES string of the molecule is O=C1COc2ccc(C3=Cc4ccc(NCCO)cc4SC3)cc2N1. The van der Waals surface area contributed by atoms with Gasteiger partial charge in [0.25, 0.3) is 5.91 Å². The average molecular weight is 354 g/mol. The third-order valence-electron chi connectivity index (χ3n) is 4.15. The van der Waals surface area contributed by atoms with Crippen LogP contribution in [0.4, 0.5) is 11.4 Å². The summed E-state index contributed by atoms with van der Waals surface area (Å²) in [7, 11) is 0. The Labute approximate surface area is 150 Å². The summed E-state index contributed by atoms with van der Waals surface area (Å²) in [4.78, 5) is 12.7. The van der Waals surface area contributed by atoms with Crippen molar-refractivity contribution in [2.45, 2.75) is 4.90 Å². The van der Waals surface area contributed by atoms with Crippen molar-refractivity contribution < 1.29 is 14.6 Å². The first-order valence-electron chi connectivity index (χ1n) is 8.12. The maximum Gasteiger partial charge on any atom is 0.262 e. The molecule has 4 rings (SSSR count). The van der Waals surface area contributed by atoms with Gasteiger partial charge in [-0.2, -0.15) is 0 Å². The van der Waals surface area contributed by atoms with Crippen LogP contribution in [0.25, 0.3) is 11.6 Å². The van der Waals surface area contributed by atoms with Crippen molar-refractivity contribution in [2.24, 2.45) is 0 Å². The highest BCUT2D eigenvalue weighted by atomic mass is 32.2. The molecule has 0 atom stereocenters. The molecule has 0 spiro atoms. The van der Waals surface area contributed by atoms with Gasteiger partial charge in [-0.1, -0.05) is 12.1 Å². The van der Waals surface area contributed by atoms with Gasteiger partial charge in [0, 0.05) is 22.9 Å². The minimum absolute atomic E-state index is 0.0743. The smallest absolute Gasteiger partial charge is 0.262 e. The molecule has 25 heavy (non-hydrogen) atoms. The predicted octanol–water partition coefficient (Wildman–Crippen LogP) is 3.07. The maximum absolute atomic E-state index is 11.5. The first-order chi connectivity index (χ1) is 12.2. The number of ether oxygens (including phenoxy) is 1. The van der Waals surface area contributed by atoms with Gasteiger partial charge in [0.05, 0.1) is 12.3 Å². The second kappa shape index (κ2) is 6.82. The van der Waals surface area contributed by atoms with Crippen molar-refractivity contribution in [1.82, 2.24) is 0 Å². The van der Waals surface area contributed by atoms with Crippen LogP contribution in [0.15, 0.2) is 41.3 Å². The summed E-state index contributed by atoms with van der Waals surface area (Å²) in [5.41, 5.74) is 5.24. The second-order valence-corrected chi connectivity index (χ2v) is 6.93. The van der Waals surface area contributed by atoms with Crippen molar-refractivity contribution >= 4 is 40.7 Å². The van der Waals surface area contributed by atoms with Gasteiger partial charge in [-0.05, 0) is 47.0 Å². The average Bonchev–Trinajstić information content (AvgIpc) is 2.65. The normalized spacial score (nSPS) is 15.4. The van der Waals surface area contributed by atoms with Gasteiger partial charge in [0.15, 0.2) is 6.61 Å². The molecule has 0 saturated heterocycles. The number of benzene rings is 2. The molecule has 2 heterocycles. The van der Waals surface area contributed by atoms with Gasteiger partial charge in [-0.25, -0.2) is 0 Å². The molecule has 1 amide bonds. The monoisotopic (exact) mass is 354 g/mol. The van der Waals surface area contributed by atoms with Crippen molar-refractivity contribution in [1.29, 1.82) is 0 Å². The van der Waals surface area contributed by atoms with Crippen molar-refractivity contribution in [3.63, 3.8) is 0 Å². The quantitative estimate of drug-likeness (QED) is 0.787. The van der Waals surface area contributed by atoms with E-state index in [1.807, 2.05) is 24.3 Å². The molecule has 0 saturated carbocycles. The molecular formula is C19H18N2O3S. The predicted molar refractivity (Wildman–Crippen MR) is 101 cm³/mol. The van der Waals surface area contributed by atoms with Crippen LogP contribution in [-0.4, -0.2) is 36.5 Å². The van der Waals surface area contributed by atoms with E-state index in [9.17, 15) is 4.79 Å². The van der Waals surface area contributed by atoms with Gasteiger partial charge in [0.2, 0.25) is 0 Å². The van der Waals surface area contributed by atoms with E-state index in [1.165, 1.54) is 16.0 Å². The van der Waals surface area contributed by atoms with E-state index >= 15 is 0 Å². The minimum Gasteiger partial charge on any atom is -0.482 e. The number of fused-ring (bicyclic) bond motifs is 2. The zero-order valence-electron chi connectivity index (χ0n) is 13.5. The molecule has 0 fully saturated rings. The van der Waals surface area contributed by atoms with E-state index in [0.717, 1.165) is 22.7 Å². The third-order valence-corrected chi connectivity index (χ3v) is 5.27. The molecule has 0 aliphatic carbocycles. The number of aliphatic hydroxyl groups excluding tert-OH is 1. The molecular weight excluding hydrogens is 336 g/mol. The number of thioether (sulfide) groups is 1. The van der Waals surface area contributed by atoms with Crippen molar-refractivity contribution in [2.75, 3.05) is 36.1 Å². The summed E-state index contributed by atoms with van der Waals surface area (Å²) >= 11 is 1.79. The van der Waals surface area contributed by atoms with E-state index in [4.69, 9.17) is 9.84 Å². The van der Waals surface area contributed by atoms with E-state index in [2.05, 4.69) is 28.8 Å². The van der Waals surface area contributed by atoms with E-state index < -0.39 is 0 Å². The molecule has 0 radical (unpaired) electrons. The minimum atomic E-state index is -0.120. The van der Waals surface area contributed by atoms with Crippen LogP contribution < -0.4 is 15.4 Å². The Kier molecular flexibility index (Phi) is 4.38. The lowest BCUT2D eigenvalue weighted by atomic mass is 10.0. The fourth-order valence-corrected chi connectivity index (χ4v) is 3.99. The second-order valence-electron chi connectivity index (χ2n) is 5.91. The number of hydrogen-bond donors (Lipinski definition) is 3. The summed E-state index contributed by atoms with van der Waals surface area (Å²) < 4.78 is 5.42. The molecule has 3 N–H and O–H groups in total. The summed E-state index contributed by atoms with van der Waals surface area (Å²) in [6.07, 6.45) is 2.19. The van der Waals surface area contributed by atoms with Crippen LogP contribution in [0, 0.1) is 0 Å². The Morgan fingerprint density at radius 2 is 2.16 bits per heavy atom. The summed E-state index contributed by atoms with van der Waals surface area (Å²) in [5.74, 6) is 1.46. The van der Waals surface area contributed by atoms with E-state index in [1.54, 1.807) is 11.8 Å². The topological polar surface area (TPSA) is 70.6 Å². The fraction of sp³-hybridized carbons (Fsp3) is 0.211. The Morgan fingerprint density at radius 3 is 3.04 bits per heavy atom. The molecule has 2 aliphatic rings. The Morgan fingerprint density at radius 1 is 1.24 bits per heavy atom. The number of amides is 1. The maximum atomic E-state index is 11.5. The van der Waals surface area contributed by atoms with Crippen LogP contribution in [0.1, 0.15) is 11.1 Å². The van der Waals surface area contributed by atoms with Gasteiger partial charge < -0.3 is 20.5 Å². The first kappa shape index (κ1) is 16.1. The van der Waals surface area contributed by atoms with Gasteiger partial charge in [-0.3, -0.25) is 4.79 Å². The fourth-order valence-electron chi connectivity index (χ4n) is 2.92. The number of rotatable bonds is 4. The molecule has 2 aromatic carbocycles. The molecule has 0 aromatic heterocycles. The van der Waals surface area contributed by atoms with E-state index in [-0.39, 0.29) is 19.1 Å². The lowest BCUT2D eigenvalue weighted by Crippen LogP contribution is -2.25. The van der Waals surface area contributed by atoms with Crippen LogP contribution in [0.3, 0.4) is 0 Å². The van der Waals surface area contributed by atoms with Crippen LogP contribution >= 0.6 is 11.8 Å². The number of nitrogens with one attached hydrogen (secondary N) is 2. The zero-order chi connectivity index (χ0) is 17.2. The molecule has 128 valence electrons. The van der Waals surface area contributed by atoms with Gasteiger partial charge in [-0.15, -0.1) is 11.8 Å². The highest BCUT2D eigenvalue weighted by molar-refractivity contribution is 7.99. The highest BCUT2D eigenvalue weighted by Gasteiger charge is 2.18. The summed E-state index contributed by atoms with van der Waals surface area (Å²) in [5, 5.41) is 15.0. The lowest BCUT2D eigenvalue weighted by Gasteiger charge is -2.21. The molecule has 0 bridgehead atoms. The molecule has 5 nitrogen and oxygen atoms in total. The first-order valence-corrected chi connectivity index (χ1v) is 9.11. The molecule has 6 heteroatoms. The lowest BCUT2D eigenvalue weighted by molar-refractivity contribution is -0.118. The van der Waals surface area contributed by atoms with Crippen LogP contribution in [-0.2, 0) is 4.79 Å². The Bertz CT molecular complexity index is 864. The van der Waals surface area contributed by atoms with Crippen LogP contribution in [0.2, 0.25) is 0 Å². The molecule has 2 aromatic rings. The van der Waals surface area contributed by atoms with Gasteiger partial charge in [0.1, 0.15) is 5.75 Å². The zero-order valence-corrected chi connectivity index (χ0v) is 14.4. The number of carbonyl (C=O) groups is 1. The van der Waals surface area contributed by atoms with Crippen molar-refractivity contribution in [3.05, 3.63) is 47.5 Å². The summed E-state index contributed by atoms with van der Waals surface area (Å²) in [6, 6.07) is 12.1. The van der Waals surface area contributed by atoms with E-state index in [0.29, 0.717) is 12.3 Å². The standard InChI is InChI=1S/C19H18N2O3S/c22-6-5-20-15-3-1-13-7-14(11-25-18(13)9-15)12-2-4-17-16(8-12)21-19(23)10-24-17/h1-4,7-9,20,22H,5-6,10-11H2,(H,21,23).